The third-order valence-corrected chi connectivity index (χ3v) is 6.35. The molecule has 3 aromatic carbocycles. The van der Waals surface area contributed by atoms with Crippen LogP contribution < -0.4 is 0 Å². The number of hydrogen-bond donors (Lipinski definition) is 0. The van der Waals surface area contributed by atoms with Crippen LogP contribution in [0.25, 0.3) is 22.3 Å². The van der Waals surface area contributed by atoms with Crippen molar-refractivity contribution in [2.75, 3.05) is 13.2 Å². The molecule has 3 atom stereocenters. The molecular formula is C27H23F5O3. The molecule has 2 fully saturated rings. The molecule has 0 aliphatic carbocycles. The van der Waals surface area contributed by atoms with Crippen LogP contribution in [-0.4, -0.2) is 19.5 Å². The number of rotatable bonds is 6. The minimum absolute atomic E-state index is 0.0605. The Morgan fingerprint density at radius 3 is 2.06 bits per heavy atom. The molecule has 0 amide bonds. The largest absolute Gasteiger partial charge is 0.385 e. The Kier molecular flexibility index (Phi) is 6.38. The van der Waals surface area contributed by atoms with Crippen molar-refractivity contribution in [3.8, 4) is 22.3 Å². The number of hydrogen-bond acceptors (Lipinski definition) is 3. The van der Waals surface area contributed by atoms with Crippen LogP contribution in [-0.2, 0) is 20.3 Å². The van der Waals surface area contributed by atoms with Gasteiger partial charge in [-0.1, -0.05) is 49.4 Å². The van der Waals surface area contributed by atoms with Crippen molar-refractivity contribution < 1.29 is 36.2 Å². The zero-order valence-electron chi connectivity index (χ0n) is 18.9. The predicted octanol–water partition coefficient (Wildman–Crippen LogP) is 7.35. The molecule has 0 radical (unpaired) electrons. The second-order valence-corrected chi connectivity index (χ2v) is 9.00. The van der Waals surface area contributed by atoms with Crippen molar-refractivity contribution in [3.05, 3.63) is 83.2 Å². The first-order valence-electron chi connectivity index (χ1n) is 11.4. The average molecular weight is 490 g/mol. The zero-order valence-corrected chi connectivity index (χ0v) is 18.9. The average Bonchev–Trinajstić information content (AvgIpc) is 3.68. The maximum atomic E-state index is 14.8. The van der Waals surface area contributed by atoms with Crippen molar-refractivity contribution in [1.29, 1.82) is 0 Å². The summed E-state index contributed by atoms with van der Waals surface area (Å²) in [6.45, 7) is 2.66. The normalized spacial score (nSPS) is 22.3. The van der Waals surface area contributed by atoms with Crippen molar-refractivity contribution >= 4 is 0 Å². The van der Waals surface area contributed by atoms with Gasteiger partial charge < -0.3 is 9.47 Å². The molecule has 0 saturated carbocycles. The Balaban J connectivity index is 1.34. The van der Waals surface area contributed by atoms with Crippen LogP contribution in [0.5, 0.6) is 0 Å². The maximum Gasteiger partial charge on any atom is 0.385 e. The number of ether oxygens (including phenoxy) is 3. The summed E-state index contributed by atoms with van der Waals surface area (Å²) in [6, 6.07) is 12.1. The minimum atomic E-state index is -3.71. The van der Waals surface area contributed by atoms with E-state index >= 15 is 0 Å². The van der Waals surface area contributed by atoms with Gasteiger partial charge in [-0.05, 0) is 42.0 Å². The van der Waals surface area contributed by atoms with Crippen LogP contribution in [0.1, 0.15) is 37.0 Å². The van der Waals surface area contributed by atoms with Gasteiger partial charge in [0.2, 0.25) is 0 Å². The van der Waals surface area contributed by atoms with E-state index in [0.717, 1.165) is 12.1 Å². The first-order valence-corrected chi connectivity index (χ1v) is 11.4. The van der Waals surface area contributed by atoms with Crippen molar-refractivity contribution in [3.63, 3.8) is 0 Å². The van der Waals surface area contributed by atoms with E-state index in [1.165, 1.54) is 42.5 Å². The second-order valence-electron chi connectivity index (χ2n) is 9.00. The molecule has 0 bridgehead atoms. The minimum Gasteiger partial charge on any atom is -0.368 e. The summed E-state index contributed by atoms with van der Waals surface area (Å²) in [5, 5.41) is 0. The molecule has 35 heavy (non-hydrogen) atoms. The summed E-state index contributed by atoms with van der Waals surface area (Å²) >= 11 is 0. The number of alkyl halides is 2. The third kappa shape index (κ3) is 4.96. The Labute approximate surface area is 199 Å². The fourth-order valence-electron chi connectivity index (χ4n) is 4.21. The lowest BCUT2D eigenvalue weighted by molar-refractivity contribution is -0.334. The van der Waals surface area contributed by atoms with Gasteiger partial charge in [-0.15, -0.1) is 0 Å². The Morgan fingerprint density at radius 1 is 0.800 bits per heavy atom. The molecule has 3 aromatic rings. The van der Waals surface area contributed by atoms with E-state index in [4.69, 9.17) is 14.2 Å². The summed E-state index contributed by atoms with van der Waals surface area (Å²) in [6.07, 6.45) is -4.13. The summed E-state index contributed by atoms with van der Waals surface area (Å²) in [4.78, 5) is 0. The van der Waals surface area contributed by atoms with Crippen LogP contribution in [0, 0.1) is 23.4 Å². The molecule has 0 spiro atoms. The molecule has 2 saturated heterocycles. The van der Waals surface area contributed by atoms with E-state index in [2.05, 4.69) is 0 Å². The monoisotopic (exact) mass is 490 g/mol. The van der Waals surface area contributed by atoms with Gasteiger partial charge in [-0.2, -0.15) is 8.78 Å². The van der Waals surface area contributed by atoms with E-state index in [-0.39, 0.29) is 22.6 Å². The standard InChI is InChI=1S/C27H23F5O3/c1-15-2-11-24(34-13-15)35-27(31,32)18-7-8-19(22(28)12-18)16-3-5-17(6-4-16)20-9-10-21(23-14-33-23)26(30)25(20)29/h3-10,12,15,23-24H,2,11,13-14H2,1H3. The topological polar surface area (TPSA) is 31.0 Å². The van der Waals surface area contributed by atoms with Gasteiger partial charge >= 0.3 is 6.11 Å². The quantitative estimate of drug-likeness (QED) is 0.267. The highest BCUT2D eigenvalue weighted by Gasteiger charge is 2.38. The first kappa shape index (κ1) is 23.9. The lowest BCUT2D eigenvalue weighted by Crippen LogP contribution is -2.33. The highest BCUT2D eigenvalue weighted by atomic mass is 19.3. The van der Waals surface area contributed by atoms with Gasteiger partial charge in [-0.3, -0.25) is 4.74 Å². The van der Waals surface area contributed by atoms with Gasteiger partial charge in [0.15, 0.2) is 17.9 Å². The van der Waals surface area contributed by atoms with E-state index in [1.807, 2.05) is 6.92 Å². The van der Waals surface area contributed by atoms with E-state index in [9.17, 15) is 22.0 Å². The molecule has 2 aliphatic heterocycles. The molecule has 3 unspecified atom stereocenters. The summed E-state index contributed by atoms with van der Waals surface area (Å²) < 4.78 is 88.1. The number of epoxide rings is 1. The van der Waals surface area contributed by atoms with Crippen molar-refractivity contribution in [1.82, 2.24) is 0 Å². The molecular weight excluding hydrogens is 467 g/mol. The Morgan fingerprint density at radius 2 is 1.46 bits per heavy atom. The van der Waals surface area contributed by atoms with Gasteiger partial charge in [0.05, 0.1) is 18.8 Å². The fraction of sp³-hybridized carbons (Fsp3) is 0.333. The van der Waals surface area contributed by atoms with Gasteiger partial charge in [0.25, 0.3) is 0 Å². The molecule has 3 nitrogen and oxygen atoms in total. The van der Waals surface area contributed by atoms with Gasteiger partial charge in [0, 0.05) is 16.7 Å². The molecule has 8 heteroatoms. The molecule has 184 valence electrons. The van der Waals surface area contributed by atoms with Gasteiger partial charge in [0.1, 0.15) is 11.9 Å². The second kappa shape index (κ2) is 9.33. The van der Waals surface area contributed by atoms with Crippen LogP contribution >= 0.6 is 0 Å². The summed E-state index contributed by atoms with van der Waals surface area (Å²) in [7, 11) is 0. The summed E-state index contributed by atoms with van der Waals surface area (Å²) in [5.41, 5.74) is 0.505. The lowest BCUT2D eigenvalue weighted by Gasteiger charge is -2.30. The lowest BCUT2D eigenvalue weighted by atomic mass is 9.97. The van der Waals surface area contributed by atoms with Crippen LogP contribution in [0.3, 0.4) is 0 Å². The van der Waals surface area contributed by atoms with Crippen LogP contribution in [0.15, 0.2) is 54.6 Å². The van der Waals surface area contributed by atoms with Crippen LogP contribution in [0.2, 0.25) is 0 Å². The maximum absolute atomic E-state index is 14.8. The van der Waals surface area contributed by atoms with Crippen LogP contribution in [0.4, 0.5) is 22.0 Å². The van der Waals surface area contributed by atoms with E-state index < -0.39 is 41.5 Å². The van der Waals surface area contributed by atoms with E-state index in [0.29, 0.717) is 37.2 Å². The first-order chi connectivity index (χ1) is 16.7. The molecule has 0 aromatic heterocycles. The Hall–Kier alpha value is -2.81. The zero-order chi connectivity index (χ0) is 24.7. The fourth-order valence-corrected chi connectivity index (χ4v) is 4.21. The smallest absolute Gasteiger partial charge is 0.368 e. The summed E-state index contributed by atoms with van der Waals surface area (Å²) in [5.74, 6) is -2.52. The molecule has 2 heterocycles. The predicted molar refractivity (Wildman–Crippen MR) is 119 cm³/mol. The van der Waals surface area contributed by atoms with Crippen molar-refractivity contribution in [2.24, 2.45) is 5.92 Å². The number of benzene rings is 3. The SMILES string of the molecule is CC1CCC(OC(F)(F)c2ccc(-c3ccc(-c4ccc(C5CO5)c(F)c4F)cc3)c(F)c2)OC1. The molecule has 0 N–H and O–H groups in total. The highest BCUT2D eigenvalue weighted by Crippen LogP contribution is 2.38. The highest BCUT2D eigenvalue weighted by molar-refractivity contribution is 5.71. The Bertz CT molecular complexity index is 1220. The number of halogens is 5. The molecule has 2 aliphatic rings. The van der Waals surface area contributed by atoms with E-state index in [1.54, 1.807) is 0 Å². The van der Waals surface area contributed by atoms with Crippen molar-refractivity contribution in [2.45, 2.75) is 38.3 Å². The van der Waals surface area contributed by atoms with Gasteiger partial charge in [-0.25, -0.2) is 13.2 Å². The molecule has 5 rings (SSSR count). The third-order valence-electron chi connectivity index (χ3n) is 6.35.